The van der Waals surface area contributed by atoms with Gasteiger partial charge < -0.3 is 9.47 Å². The Hall–Kier alpha value is -4.33. The molecule has 0 atom stereocenters. The van der Waals surface area contributed by atoms with Gasteiger partial charge in [0.05, 0.1) is 23.8 Å². The van der Waals surface area contributed by atoms with Crippen LogP contribution in [0.15, 0.2) is 140 Å². The molecule has 3 nitrogen and oxygen atoms in total. The summed E-state index contributed by atoms with van der Waals surface area (Å²) in [6.45, 7) is -2.98. The molecule has 38 heavy (non-hydrogen) atoms. The number of ether oxygens (including phenoxy) is 2. The topological polar surface area (TPSA) is 35.5 Å². The van der Waals surface area contributed by atoms with Gasteiger partial charge >= 0.3 is 0 Å². The maximum Gasteiger partial charge on any atom is 0.198 e. The molecule has 0 aliphatic rings. The van der Waals surface area contributed by atoms with Crippen molar-refractivity contribution in [3.05, 3.63) is 151 Å². The number of carbonyl (C=O) groups excluding carboxylic acids is 1. The molecule has 0 spiro atoms. The van der Waals surface area contributed by atoms with Gasteiger partial charge in [0.1, 0.15) is 11.5 Å². The Labute approximate surface area is 228 Å². The summed E-state index contributed by atoms with van der Waals surface area (Å²) in [7, 11) is -1.19. The first-order chi connectivity index (χ1) is 19.9. The van der Waals surface area contributed by atoms with E-state index < -0.39 is 13.9 Å². The highest BCUT2D eigenvalue weighted by atomic mass is 31.2. The van der Waals surface area contributed by atoms with Gasteiger partial charge in [-0.25, -0.2) is 0 Å². The zero-order valence-corrected chi connectivity index (χ0v) is 21.8. The van der Waals surface area contributed by atoms with E-state index in [9.17, 15) is 0 Å². The molecule has 188 valence electrons. The van der Waals surface area contributed by atoms with E-state index in [1.807, 2.05) is 97.1 Å². The second-order valence-electron chi connectivity index (χ2n) is 8.65. The smallest absolute Gasteiger partial charge is 0.198 e. The highest BCUT2D eigenvalue weighted by Gasteiger charge is 2.36. The van der Waals surface area contributed by atoms with Crippen LogP contribution in [0.3, 0.4) is 0 Å². The number of hydrogen-bond donors (Lipinski definition) is 0. The van der Waals surface area contributed by atoms with Crippen molar-refractivity contribution in [1.82, 2.24) is 0 Å². The van der Waals surface area contributed by atoms with Crippen LogP contribution in [-0.4, -0.2) is 25.2 Å². The minimum Gasteiger partial charge on any atom is -0.496 e. The van der Waals surface area contributed by atoms with E-state index in [4.69, 9.17) is 13.6 Å². The third-order valence-corrected chi connectivity index (χ3v) is 10.9. The van der Waals surface area contributed by atoms with E-state index in [2.05, 4.69) is 0 Å². The highest BCUT2D eigenvalue weighted by Crippen LogP contribution is 2.49. The summed E-state index contributed by atoms with van der Waals surface area (Å²) in [5.41, 5.74) is 0.797. The first kappa shape index (κ1) is 21.7. The summed E-state index contributed by atoms with van der Waals surface area (Å²) in [5.74, 6) is 0.267. The summed E-state index contributed by atoms with van der Waals surface area (Å²) >= 11 is 0. The third-order valence-electron chi connectivity index (χ3n) is 6.58. The molecule has 5 aromatic carbocycles. The Morgan fingerprint density at radius 1 is 0.553 bits per heavy atom. The molecule has 0 aliphatic heterocycles. The number of benzene rings is 5. The van der Waals surface area contributed by atoms with Crippen LogP contribution in [0.1, 0.15) is 20.0 Å². The van der Waals surface area contributed by atoms with Gasteiger partial charge in [-0.05, 0) is 41.0 Å². The molecule has 0 saturated carbocycles. The van der Waals surface area contributed by atoms with Gasteiger partial charge in [-0.1, -0.05) is 121 Å². The number of rotatable bonds is 8. The van der Waals surface area contributed by atoms with Crippen molar-refractivity contribution >= 4 is 33.9 Å². The zero-order valence-electron chi connectivity index (χ0n) is 24.0. The SMILES string of the molecule is [2H]C([2H])([2H])Oc1ccccc1C(C(=O)c1ccccc1OC)=P(c1ccccc1)(c1ccccc1)c1ccccc1. The average molecular weight is 520 g/mol. The lowest BCUT2D eigenvalue weighted by atomic mass is 10.0. The summed E-state index contributed by atoms with van der Waals surface area (Å²) in [6.07, 6.45) is 0. The molecule has 0 unspecified atom stereocenters. The minimum absolute atomic E-state index is 0.109. The summed E-state index contributed by atoms with van der Waals surface area (Å²) in [5, 5.41) is 3.28. The van der Waals surface area contributed by atoms with E-state index in [1.54, 1.807) is 42.5 Å². The number of methoxy groups -OCH3 is 2. The van der Waals surface area contributed by atoms with Crippen molar-refractivity contribution in [1.29, 1.82) is 0 Å². The second-order valence-corrected chi connectivity index (χ2v) is 12.0. The van der Waals surface area contributed by atoms with Crippen molar-refractivity contribution in [3.63, 3.8) is 0 Å². The van der Waals surface area contributed by atoms with Crippen molar-refractivity contribution in [3.8, 4) is 11.5 Å². The van der Waals surface area contributed by atoms with Gasteiger partial charge in [-0.3, -0.25) is 4.79 Å². The number of carbonyl (C=O) groups is 1. The minimum atomic E-state index is -2.98. The van der Waals surface area contributed by atoms with Gasteiger partial charge in [-0.2, -0.15) is 0 Å². The Bertz CT molecular complexity index is 1600. The number of para-hydroxylation sites is 2. The quantitative estimate of drug-likeness (QED) is 0.184. The lowest BCUT2D eigenvalue weighted by Crippen LogP contribution is -2.34. The standard InChI is InChI=1S/C34H29O3P/c1-36-31-24-14-12-22-29(31)33(35)34(30-23-13-15-25-32(30)37-2)38(26-16-6-3-7-17-26,27-18-8-4-9-19-27)28-20-10-5-11-21-28/h3-25H,1-2H3/i2D3. The lowest BCUT2D eigenvalue weighted by Gasteiger charge is -2.33. The molecular weight excluding hydrogens is 487 g/mol. The molecule has 0 fully saturated rings. The molecule has 0 heterocycles. The molecule has 0 aromatic heterocycles. The van der Waals surface area contributed by atoms with Crippen LogP contribution in [0.25, 0.3) is 0 Å². The Morgan fingerprint density at radius 3 is 1.39 bits per heavy atom. The molecule has 0 amide bonds. The Morgan fingerprint density at radius 2 is 0.947 bits per heavy atom. The van der Waals surface area contributed by atoms with E-state index in [1.165, 1.54) is 7.11 Å². The van der Waals surface area contributed by atoms with Crippen molar-refractivity contribution in [2.45, 2.75) is 0 Å². The molecule has 0 N–H and O–H groups in total. The van der Waals surface area contributed by atoms with Crippen LogP contribution in [0.4, 0.5) is 0 Å². The largest absolute Gasteiger partial charge is 0.496 e. The van der Waals surface area contributed by atoms with E-state index in [0.29, 0.717) is 22.2 Å². The fourth-order valence-corrected chi connectivity index (χ4v) is 9.45. The Kier molecular flexibility index (Phi) is 6.50. The van der Waals surface area contributed by atoms with Gasteiger partial charge in [0.25, 0.3) is 0 Å². The highest BCUT2D eigenvalue weighted by molar-refractivity contribution is 7.97. The van der Waals surface area contributed by atoms with Crippen molar-refractivity contribution in [2.75, 3.05) is 14.1 Å². The van der Waals surface area contributed by atoms with Crippen LogP contribution in [0.2, 0.25) is 0 Å². The molecular formula is C34H29O3P. The fraction of sp³-hybridized carbons (Fsp3) is 0.0588. The average Bonchev–Trinajstić information content (AvgIpc) is 3.00. The van der Waals surface area contributed by atoms with Gasteiger partial charge in [0.2, 0.25) is 0 Å². The van der Waals surface area contributed by atoms with Gasteiger partial charge in [0.15, 0.2) is 5.78 Å². The van der Waals surface area contributed by atoms with Gasteiger partial charge in [-0.15, -0.1) is 0 Å². The van der Waals surface area contributed by atoms with Crippen LogP contribution in [0, 0.1) is 0 Å². The Balaban J connectivity index is 2.08. The van der Waals surface area contributed by atoms with Gasteiger partial charge in [0, 0.05) is 10.9 Å². The number of Topliss-reactive ketones (excluding diaryl/α,β-unsaturated/α-hetero) is 1. The summed E-state index contributed by atoms with van der Waals surface area (Å²) in [6, 6.07) is 43.8. The normalized spacial score (nSPS) is 12.5. The predicted molar refractivity (Wildman–Crippen MR) is 160 cm³/mol. The van der Waals surface area contributed by atoms with Crippen LogP contribution >= 0.6 is 6.89 Å². The van der Waals surface area contributed by atoms with Crippen LogP contribution in [-0.2, 0) is 0 Å². The molecule has 5 aromatic rings. The van der Waals surface area contributed by atoms with E-state index in [0.717, 1.165) is 15.9 Å². The van der Waals surface area contributed by atoms with Crippen LogP contribution < -0.4 is 25.4 Å². The predicted octanol–water partition coefficient (Wildman–Crippen LogP) is 6.10. The third kappa shape index (κ3) is 4.47. The van der Waals surface area contributed by atoms with E-state index >= 15 is 4.79 Å². The molecule has 0 saturated heterocycles. The number of ketones is 1. The summed E-state index contributed by atoms with van der Waals surface area (Å²) < 4.78 is 34.9. The first-order valence-electron chi connectivity index (χ1n) is 13.8. The van der Waals surface area contributed by atoms with Crippen LogP contribution in [0.5, 0.6) is 11.5 Å². The zero-order chi connectivity index (χ0) is 28.9. The maximum absolute atomic E-state index is 15.1. The summed E-state index contributed by atoms with van der Waals surface area (Å²) in [4.78, 5) is 15.1. The molecule has 0 aliphatic carbocycles. The fourth-order valence-electron chi connectivity index (χ4n) is 4.96. The van der Waals surface area contributed by atoms with E-state index in [-0.39, 0.29) is 11.5 Å². The lowest BCUT2D eigenvalue weighted by molar-refractivity contribution is 0.106. The monoisotopic (exact) mass is 519 g/mol. The number of hydrogen-bond acceptors (Lipinski definition) is 3. The van der Waals surface area contributed by atoms with Crippen molar-refractivity contribution in [2.24, 2.45) is 0 Å². The molecule has 4 heteroatoms. The second kappa shape index (κ2) is 11.4. The molecule has 0 bridgehead atoms. The maximum atomic E-state index is 15.1. The first-order valence-corrected chi connectivity index (χ1v) is 14.0. The van der Waals surface area contributed by atoms with Crippen molar-refractivity contribution < 1.29 is 18.4 Å². The molecule has 5 rings (SSSR count). The molecule has 0 radical (unpaired) electrons.